The van der Waals surface area contributed by atoms with Gasteiger partial charge in [-0.1, -0.05) is 6.42 Å². The Morgan fingerprint density at radius 1 is 1.00 bits per heavy atom. The van der Waals surface area contributed by atoms with Crippen molar-refractivity contribution in [1.29, 1.82) is 0 Å². The van der Waals surface area contributed by atoms with Crippen molar-refractivity contribution < 1.29 is 4.79 Å². The van der Waals surface area contributed by atoms with Gasteiger partial charge < -0.3 is 10.6 Å². The molecule has 0 aromatic carbocycles. The molecule has 21 heavy (non-hydrogen) atoms. The first-order valence-electron chi connectivity index (χ1n) is 9.17. The summed E-state index contributed by atoms with van der Waals surface area (Å²) >= 11 is 0. The standard InChI is InChI=1S/C18H30N2O/c1-20(17(11-5-6-11)12-7-8-12)18(21)15-9-13-3-2-4-14(10-15)16(13)19/h11-17H,2-10,19H2,1H3. The van der Waals surface area contributed by atoms with Crippen LogP contribution in [0.3, 0.4) is 0 Å². The summed E-state index contributed by atoms with van der Waals surface area (Å²) in [5.74, 6) is 3.57. The van der Waals surface area contributed by atoms with Crippen LogP contribution >= 0.6 is 0 Å². The molecule has 0 aliphatic heterocycles. The van der Waals surface area contributed by atoms with E-state index in [-0.39, 0.29) is 5.92 Å². The number of hydrogen-bond acceptors (Lipinski definition) is 2. The molecule has 4 aliphatic rings. The lowest BCUT2D eigenvalue weighted by molar-refractivity contribution is -0.140. The van der Waals surface area contributed by atoms with Crippen molar-refractivity contribution in [1.82, 2.24) is 4.90 Å². The molecule has 3 heteroatoms. The summed E-state index contributed by atoms with van der Waals surface area (Å²) in [4.78, 5) is 15.2. The number of hydrogen-bond donors (Lipinski definition) is 1. The van der Waals surface area contributed by atoms with Crippen molar-refractivity contribution in [3.63, 3.8) is 0 Å². The predicted octanol–water partition coefficient (Wildman–Crippen LogP) is 2.79. The fourth-order valence-electron chi connectivity index (χ4n) is 5.32. The maximum absolute atomic E-state index is 13.0. The molecule has 4 aliphatic carbocycles. The summed E-state index contributed by atoms with van der Waals surface area (Å²) < 4.78 is 0. The number of rotatable bonds is 4. The number of carbonyl (C=O) groups is 1. The monoisotopic (exact) mass is 290 g/mol. The molecular formula is C18H30N2O. The molecule has 0 spiro atoms. The maximum Gasteiger partial charge on any atom is 0.225 e. The highest BCUT2D eigenvalue weighted by Crippen LogP contribution is 2.48. The number of nitrogens with zero attached hydrogens (tertiary/aromatic N) is 1. The quantitative estimate of drug-likeness (QED) is 0.865. The lowest BCUT2D eigenvalue weighted by atomic mass is 9.65. The van der Waals surface area contributed by atoms with Gasteiger partial charge in [-0.3, -0.25) is 4.79 Å². The van der Waals surface area contributed by atoms with Gasteiger partial charge in [-0.15, -0.1) is 0 Å². The number of fused-ring (bicyclic) bond motifs is 2. The molecule has 1 amide bonds. The Morgan fingerprint density at radius 3 is 2.00 bits per heavy atom. The number of amides is 1. The van der Waals surface area contributed by atoms with Crippen LogP contribution in [0.2, 0.25) is 0 Å². The molecule has 118 valence electrons. The normalized spacial score (nSPS) is 39.4. The van der Waals surface area contributed by atoms with Gasteiger partial charge >= 0.3 is 0 Å². The summed E-state index contributed by atoms with van der Waals surface area (Å²) in [7, 11) is 2.09. The summed E-state index contributed by atoms with van der Waals surface area (Å²) in [5.41, 5.74) is 6.37. The van der Waals surface area contributed by atoms with Crippen LogP contribution in [0.15, 0.2) is 0 Å². The van der Waals surface area contributed by atoms with Crippen molar-refractivity contribution in [2.24, 2.45) is 35.3 Å². The fraction of sp³-hybridized carbons (Fsp3) is 0.944. The van der Waals surface area contributed by atoms with Crippen molar-refractivity contribution in [2.45, 2.75) is 69.9 Å². The SMILES string of the molecule is CN(C(=O)C1CC2CCCC(C1)C2N)C(C1CC1)C1CC1. The van der Waals surface area contributed by atoms with Gasteiger partial charge in [0.2, 0.25) is 5.91 Å². The Balaban J connectivity index is 1.44. The highest BCUT2D eigenvalue weighted by atomic mass is 16.2. The molecule has 2 bridgehead atoms. The molecule has 0 aromatic rings. The Kier molecular flexibility index (Phi) is 3.52. The third-order valence-corrected chi connectivity index (χ3v) is 6.77. The third kappa shape index (κ3) is 2.62. The van der Waals surface area contributed by atoms with Gasteiger partial charge in [0.15, 0.2) is 0 Å². The topological polar surface area (TPSA) is 46.3 Å². The van der Waals surface area contributed by atoms with Crippen LogP contribution in [-0.2, 0) is 4.79 Å². The van der Waals surface area contributed by atoms with E-state index in [1.54, 1.807) is 0 Å². The Bertz CT molecular complexity index is 389. The van der Waals surface area contributed by atoms with Crippen LogP contribution < -0.4 is 5.73 Å². The first-order chi connectivity index (χ1) is 10.1. The smallest absolute Gasteiger partial charge is 0.225 e. The minimum Gasteiger partial charge on any atom is -0.342 e. The van der Waals surface area contributed by atoms with Gasteiger partial charge in [-0.05, 0) is 75.0 Å². The highest BCUT2D eigenvalue weighted by molar-refractivity contribution is 5.79. The van der Waals surface area contributed by atoms with E-state index >= 15 is 0 Å². The Hall–Kier alpha value is -0.570. The van der Waals surface area contributed by atoms with Gasteiger partial charge in [0, 0.05) is 25.0 Å². The molecule has 4 rings (SSSR count). The largest absolute Gasteiger partial charge is 0.342 e. The van der Waals surface area contributed by atoms with Crippen LogP contribution in [0.25, 0.3) is 0 Å². The van der Waals surface area contributed by atoms with Crippen LogP contribution in [-0.4, -0.2) is 29.9 Å². The molecule has 0 aromatic heterocycles. The van der Waals surface area contributed by atoms with Crippen LogP contribution in [0, 0.1) is 29.6 Å². The zero-order valence-electron chi connectivity index (χ0n) is 13.3. The van der Waals surface area contributed by atoms with E-state index in [0.717, 1.165) is 24.7 Å². The lowest BCUT2D eigenvalue weighted by Gasteiger charge is -2.45. The van der Waals surface area contributed by atoms with Crippen LogP contribution in [0.5, 0.6) is 0 Å². The van der Waals surface area contributed by atoms with Gasteiger partial charge in [0.25, 0.3) is 0 Å². The second-order valence-corrected chi connectivity index (χ2v) is 8.31. The van der Waals surface area contributed by atoms with Crippen LogP contribution in [0.1, 0.15) is 57.8 Å². The van der Waals surface area contributed by atoms with Gasteiger partial charge in [-0.2, -0.15) is 0 Å². The van der Waals surface area contributed by atoms with E-state index in [2.05, 4.69) is 11.9 Å². The predicted molar refractivity (Wildman–Crippen MR) is 83.5 cm³/mol. The first-order valence-corrected chi connectivity index (χ1v) is 9.17. The molecule has 0 saturated heterocycles. The van der Waals surface area contributed by atoms with Crippen LogP contribution in [0.4, 0.5) is 0 Å². The summed E-state index contributed by atoms with van der Waals surface area (Å²) in [5, 5.41) is 0. The second kappa shape index (κ2) is 5.26. The summed E-state index contributed by atoms with van der Waals surface area (Å²) in [6.45, 7) is 0. The van der Waals surface area contributed by atoms with E-state index in [4.69, 9.17) is 5.73 Å². The zero-order valence-corrected chi connectivity index (χ0v) is 13.3. The van der Waals surface area contributed by atoms with Crippen molar-refractivity contribution >= 4 is 5.91 Å². The fourth-order valence-corrected chi connectivity index (χ4v) is 5.32. The highest BCUT2D eigenvalue weighted by Gasteiger charge is 2.47. The van der Waals surface area contributed by atoms with Crippen molar-refractivity contribution in [3.8, 4) is 0 Å². The van der Waals surface area contributed by atoms with E-state index in [1.165, 1.54) is 44.9 Å². The number of nitrogens with two attached hydrogens (primary N) is 1. The third-order valence-electron chi connectivity index (χ3n) is 6.77. The van der Waals surface area contributed by atoms with Crippen molar-refractivity contribution in [3.05, 3.63) is 0 Å². The lowest BCUT2D eigenvalue weighted by Crippen LogP contribution is -2.51. The van der Waals surface area contributed by atoms with Crippen molar-refractivity contribution in [2.75, 3.05) is 7.05 Å². The molecule has 2 unspecified atom stereocenters. The van der Waals surface area contributed by atoms with Gasteiger partial charge in [0.05, 0.1) is 0 Å². The van der Waals surface area contributed by atoms with E-state index in [9.17, 15) is 4.79 Å². The van der Waals surface area contributed by atoms with E-state index < -0.39 is 0 Å². The summed E-state index contributed by atoms with van der Waals surface area (Å²) in [6, 6.07) is 0.934. The molecule has 0 heterocycles. The Morgan fingerprint density at radius 2 is 1.52 bits per heavy atom. The first kappa shape index (κ1) is 14.0. The number of carbonyl (C=O) groups excluding carboxylic acids is 1. The minimum atomic E-state index is 0.269. The zero-order chi connectivity index (χ0) is 14.6. The summed E-state index contributed by atoms with van der Waals surface area (Å²) in [6.07, 6.45) is 11.3. The molecule has 0 radical (unpaired) electrons. The van der Waals surface area contributed by atoms with E-state index in [1.807, 2.05) is 0 Å². The average molecular weight is 290 g/mol. The molecule has 2 N–H and O–H groups in total. The minimum absolute atomic E-state index is 0.269. The van der Waals surface area contributed by atoms with Gasteiger partial charge in [0.1, 0.15) is 0 Å². The molecular weight excluding hydrogens is 260 g/mol. The molecule has 4 saturated carbocycles. The maximum atomic E-state index is 13.0. The molecule has 2 atom stereocenters. The van der Waals surface area contributed by atoms with E-state index in [0.29, 0.717) is 29.8 Å². The van der Waals surface area contributed by atoms with Gasteiger partial charge in [-0.25, -0.2) is 0 Å². The molecule has 3 nitrogen and oxygen atoms in total. The average Bonchev–Trinajstić information content (AvgIpc) is 3.32. The second-order valence-electron chi connectivity index (χ2n) is 8.31. The Labute approximate surface area is 128 Å². The molecule has 4 fully saturated rings.